The van der Waals surface area contributed by atoms with E-state index in [-0.39, 0.29) is 22.5 Å². The number of amides is 1. The average molecular weight is 806 g/mol. The molecule has 2 bridgehead atoms. The van der Waals surface area contributed by atoms with Crippen LogP contribution in [0.1, 0.15) is 101 Å². The first kappa shape index (κ1) is 40.2. The molecule has 10 heteroatoms. The third-order valence-corrected chi connectivity index (χ3v) is 16.9. The summed E-state index contributed by atoms with van der Waals surface area (Å²) in [5.41, 5.74) is 3.38. The number of ether oxygens (including phenoxy) is 2. The molecule has 4 aliphatic heterocycles. The van der Waals surface area contributed by atoms with Crippen molar-refractivity contribution in [2.24, 2.45) is 23.7 Å². The summed E-state index contributed by atoms with van der Waals surface area (Å²) < 4.78 is 31.2. The number of halogens is 1. The lowest BCUT2D eigenvalue weighted by atomic mass is 9.63. The van der Waals surface area contributed by atoms with Crippen molar-refractivity contribution < 1.29 is 18.5 Å². The number of fused-ring (bicyclic) bond motifs is 5. The van der Waals surface area contributed by atoms with Crippen LogP contribution in [0.15, 0.2) is 48.6 Å². The molecule has 306 valence electrons. The van der Waals surface area contributed by atoms with Gasteiger partial charge in [0.25, 0.3) is 5.91 Å². The number of carbonyl (C=O) groups is 1. The van der Waals surface area contributed by atoms with Crippen LogP contribution < -0.4 is 14.4 Å². The molecular formula is C46H65ClN4O4S. The molecule has 1 N–H and O–H groups in total. The predicted molar refractivity (Wildman–Crippen MR) is 231 cm³/mol. The number of anilines is 1. The van der Waals surface area contributed by atoms with Crippen LogP contribution in [-0.2, 0) is 26.3 Å². The summed E-state index contributed by atoms with van der Waals surface area (Å²) in [6.45, 7) is 16.9. The normalized spacial score (nSPS) is 36.0. The second-order valence-electron chi connectivity index (χ2n) is 18.8. The molecule has 3 fully saturated rings. The number of piperazine rings is 1. The third kappa shape index (κ3) is 8.06. The minimum Gasteiger partial charge on any atom is -0.490 e. The first-order valence-electron chi connectivity index (χ1n) is 21.6. The topological polar surface area (TPSA) is 74.4 Å². The van der Waals surface area contributed by atoms with E-state index in [0.29, 0.717) is 42.6 Å². The van der Waals surface area contributed by atoms with Gasteiger partial charge in [-0.3, -0.25) is 19.3 Å². The lowest BCUT2D eigenvalue weighted by Crippen LogP contribution is -2.61. The van der Waals surface area contributed by atoms with Crippen molar-refractivity contribution >= 4 is 38.8 Å². The van der Waals surface area contributed by atoms with Crippen molar-refractivity contribution in [1.29, 1.82) is 0 Å². The van der Waals surface area contributed by atoms with Crippen LogP contribution in [0.2, 0.25) is 5.02 Å². The number of hydrogen-bond donors (Lipinski definition) is 1. The van der Waals surface area contributed by atoms with Crippen LogP contribution in [-0.4, -0.2) is 102 Å². The lowest BCUT2D eigenvalue weighted by molar-refractivity contribution is -0.125. The molecule has 2 aromatic carbocycles. The minimum atomic E-state index is -2.96. The van der Waals surface area contributed by atoms with Gasteiger partial charge >= 0.3 is 0 Å². The molecule has 8 atom stereocenters. The third-order valence-electron chi connectivity index (χ3n) is 14.5. The Balaban J connectivity index is 1.21. The molecule has 2 saturated heterocycles. The molecule has 1 spiro atoms. The Hall–Kier alpha value is -2.56. The number of rotatable bonds is 5. The quantitative estimate of drug-likeness (QED) is 0.245. The Morgan fingerprint density at radius 3 is 2.71 bits per heavy atom. The summed E-state index contributed by atoms with van der Waals surface area (Å²) in [4.78, 5) is 21.9. The number of aryl methyl sites for hydroxylation is 1. The van der Waals surface area contributed by atoms with Crippen molar-refractivity contribution in [3.8, 4) is 5.75 Å². The molecule has 56 heavy (non-hydrogen) atoms. The van der Waals surface area contributed by atoms with E-state index in [1.807, 2.05) is 31.2 Å². The summed E-state index contributed by atoms with van der Waals surface area (Å²) >= 11 is 6.56. The van der Waals surface area contributed by atoms with E-state index in [1.54, 1.807) is 0 Å². The second-order valence-corrected chi connectivity index (χ2v) is 21.6. The van der Waals surface area contributed by atoms with Crippen LogP contribution in [0.3, 0.4) is 0 Å². The van der Waals surface area contributed by atoms with E-state index < -0.39 is 15.3 Å². The maximum atomic E-state index is 14.2. The lowest BCUT2D eigenvalue weighted by Gasteiger charge is -2.53. The summed E-state index contributed by atoms with van der Waals surface area (Å²) in [6, 6.07) is 12.8. The van der Waals surface area contributed by atoms with Gasteiger partial charge in [-0.1, -0.05) is 57.0 Å². The van der Waals surface area contributed by atoms with Crippen LogP contribution in [0.25, 0.3) is 0 Å². The minimum absolute atomic E-state index is 0.0376. The predicted octanol–water partition coefficient (Wildman–Crippen LogP) is 7.77. The van der Waals surface area contributed by atoms with Gasteiger partial charge in [0.2, 0.25) is 0 Å². The number of benzene rings is 2. The maximum Gasteiger partial charge on any atom is 0.262 e. The van der Waals surface area contributed by atoms with Gasteiger partial charge in [0.15, 0.2) is 0 Å². The maximum absolute atomic E-state index is 14.2. The summed E-state index contributed by atoms with van der Waals surface area (Å²) in [5.74, 6) is 5.72. The standard InChI is InChI=1S/C46H65ClN4O4S/c1-32(2)28-55-46(30-49-22-23-50-21-7-6-12-39(50)27-49)20-8-10-33(3)34(4)56(5,53)48-44(52)36-14-18-43-42(25-36)51(26-37-13-16-41(37)46)29-45(31-54-43)19-9-11-35-24-38(47)15-17-40(35)45/h8,14-15,17-18,20,24-25,32-34,37,39,41H,5-7,9-13,16,19,21-23,26-31H2,1-4H3,(H,48,52,53)/b20-8+/t33-,34+,37-,39+,41+,45-,46+,56?/m0/s1. The Labute approximate surface area is 341 Å². The Kier molecular flexibility index (Phi) is 11.7. The number of hydrogen-bond acceptors (Lipinski definition) is 7. The van der Waals surface area contributed by atoms with Crippen molar-refractivity contribution in [2.45, 2.75) is 108 Å². The summed E-state index contributed by atoms with van der Waals surface area (Å²) in [6.07, 6.45) is 14.7. The molecule has 0 radical (unpaired) electrons. The van der Waals surface area contributed by atoms with E-state index in [2.05, 4.69) is 70.3 Å². The highest BCUT2D eigenvalue weighted by molar-refractivity contribution is 7.99. The fourth-order valence-corrected chi connectivity index (χ4v) is 12.5. The fourth-order valence-electron chi connectivity index (χ4n) is 10.9. The van der Waals surface area contributed by atoms with Crippen molar-refractivity contribution in [3.63, 3.8) is 0 Å². The number of allylic oxidation sites excluding steroid dienone is 1. The summed E-state index contributed by atoms with van der Waals surface area (Å²) in [5, 5.41) is 0.448. The Bertz CT molecular complexity index is 1900. The first-order valence-corrected chi connectivity index (χ1v) is 23.8. The molecule has 4 heterocycles. The number of carbonyl (C=O) groups excluding carboxylic acids is 1. The largest absolute Gasteiger partial charge is 0.490 e. The molecule has 0 aromatic heterocycles. The smallest absolute Gasteiger partial charge is 0.262 e. The van der Waals surface area contributed by atoms with Gasteiger partial charge in [-0.15, -0.1) is 0 Å². The monoisotopic (exact) mass is 804 g/mol. The summed E-state index contributed by atoms with van der Waals surface area (Å²) in [7, 11) is -2.96. The van der Waals surface area contributed by atoms with Gasteiger partial charge in [-0.2, -0.15) is 0 Å². The van der Waals surface area contributed by atoms with Gasteiger partial charge in [-0.05, 0) is 136 Å². The Morgan fingerprint density at radius 2 is 1.91 bits per heavy atom. The van der Waals surface area contributed by atoms with Crippen LogP contribution in [0.4, 0.5) is 5.69 Å². The van der Waals surface area contributed by atoms with E-state index in [1.165, 1.54) is 36.9 Å². The van der Waals surface area contributed by atoms with Gasteiger partial charge < -0.3 is 14.4 Å². The average Bonchev–Trinajstić information content (AvgIpc) is 3.31. The highest BCUT2D eigenvalue weighted by Gasteiger charge is 2.51. The molecular weight excluding hydrogens is 740 g/mol. The van der Waals surface area contributed by atoms with E-state index >= 15 is 0 Å². The highest BCUT2D eigenvalue weighted by atomic mass is 35.5. The van der Waals surface area contributed by atoms with Crippen molar-refractivity contribution in [3.05, 3.63) is 70.3 Å². The number of nitrogens with one attached hydrogen (secondary N) is 1. The molecule has 1 unspecified atom stereocenters. The molecule has 2 aromatic rings. The molecule has 8 nitrogen and oxygen atoms in total. The number of piperidine rings is 1. The zero-order valence-corrected chi connectivity index (χ0v) is 35.9. The molecule has 1 amide bonds. The van der Waals surface area contributed by atoms with E-state index in [9.17, 15) is 9.00 Å². The molecule has 2 aliphatic carbocycles. The Morgan fingerprint density at radius 1 is 1.05 bits per heavy atom. The highest BCUT2D eigenvalue weighted by Crippen LogP contribution is 2.50. The molecule has 1 saturated carbocycles. The van der Waals surface area contributed by atoms with Crippen LogP contribution in [0, 0.1) is 23.7 Å². The van der Waals surface area contributed by atoms with Crippen molar-refractivity contribution in [2.75, 3.05) is 63.9 Å². The first-order chi connectivity index (χ1) is 26.8. The van der Waals surface area contributed by atoms with Crippen LogP contribution in [0.5, 0.6) is 5.75 Å². The van der Waals surface area contributed by atoms with Crippen LogP contribution >= 0.6 is 11.6 Å². The second kappa shape index (κ2) is 16.2. The van der Waals surface area contributed by atoms with Gasteiger partial charge in [0, 0.05) is 66.6 Å². The van der Waals surface area contributed by atoms with Gasteiger partial charge in [0.1, 0.15) is 11.4 Å². The number of nitrogens with zero attached hydrogens (tertiary/aromatic N) is 3. The van der Waals surface area contributed by atoms with Gasteiger partial charge in [0.05, 0.1) is 28.6 Å². The van der Waals surface area contributed by atoms with Gasteiger partial charge in [-0.25, -0.2) is 4.21 Å². The van der Waals surface area contributed by atoms with Crippen molar-refractivity contribution in [1.82, 2.24) is 14.5 Å². The van der Waals surface area contributed by atoms with E-state index in [0.717, 1.165) is 94.3 Å². The van der Waals surface area contributed by atoms with E-state index in [4.69, 9.17) is 21.1 Å². The molecule has 8 rings (SSSR count). The zero-order valence-electron chi connectivity index (χ0n) is 34.3. The fraction of sp³-hybridized carbons (Fsp3) is 0.652. The zero-order chi connectivity index (χ0) is 39.2. The molecule has 6 aliphatic rings. The SMILES string of the molecule is C=S1(=O)NC(=O)c2ccc3c(c2)N(C[C@@H]2CC[C@H]2[C@@](CN2CCN4CCCC[C@@H]4C2)(OCC(C)C)/C=C/C[C@H](C)[C@H]1C)C[C@@]1(CCCc2cc(Cl)ccc21)CO3.